The minimum Gasteiger partial charge on any atom is -0.383 e. The van der Waals surface area contributed by atoms with Gasteiger partial charge in [-0.15, -0.1) is 0 Å². The average molecular weight is 228 g/mol. The van der Waals surface area contributed by atoms with E-state index in [-0.39, 0.29) is 0 Å². The molecule has 0 unspecified atom stereocenters. The summed E-state index contributed by atoms with van der Waals surface area (Å²) < 4.78 is 5.43. The van der Waals surface area contributed by atoms with Crippen LogP contribution in [0, 0.1) is 0 Å². The molecule has 1 N–H and O–H groups in total. The Balaban J connectivity index is 2.07. The molecule has 0 aliphatic carbocycles. The predicted octanol–water partition coefficient (Wildman–Crippen LogP) is 3.57. The molecule has 1 rings (SSSR count). The van der Waals surface area contributed by atoms with Crippen molar-refractivity contribution in [3.05, 3.63) is 29.3 Å². The first-order chi connectivity index (χ1) is 7.33. The SMILES string of the molecule is CCCCOCCNc1ccc(Cl)cc1. The van der Waals surface area contributed by atoms with Gasteiger partial charge in [-0.05, 0) is 30.7 Å². The van der Waals surface area contributed by atoms with Gasteiger partial charge in [0.1, 0.15) is 0 Å². The molecule has 0 spiro atoms. The summed E-state index contributed by atoms with van der Waals surface area (Å²) in [5, 5.41) is 4.03. The van der Waals surface area contributed by atoms with E-state index in [1.165, 1.54) is 6.42 Å². The van der Waals surface area contributed by atoms with E-state index in [1.54, 1.807) is 0 Å². The lowest BCUT2D eigenvalue weighted by Crippen LogP contribution is -2.09. The molecule has 0 saturated heterocycles. The quantitative estimate of drug-likeness (QED) is 0.720. The van der Waals surface area contributed by atoms with Gasteiger partial charge in [0, 0.05) is 23.9 Å². The summed E-state index contributed by atoms with van der Waals surface area (Å²) in [6.07, 6.45) is 2.32. The second-order valence-corrected chi connectivity index (χ2v) is 3.84. The number of nitrogens with one attached hydrogen (secondary N) is 1. The molecule has 2 nitrogen and oxygen atoms in total. The van der Waals surface area contributed by atoms with Crippen LogP contribution in [0.2, 0.25) is 5.02 Å². The summed E-state index contributed by atoms with van der Waals surface area (Å²) in [7, 11) is 0. The van der Waals surface area contributed by atoms with E-state index in [0.717, 1.165) is 36.9 Å². The van der Waals surface area contributed by atoms with Crippen LogP contribution in [0.1, 0.15) is 19.8 Å². The molecule has 0 heterocycles. The van der Waals surface area contributed by atoms with Gasteiger partial charge in [-0.25, -0.2) is 0 Å². The molecule has 84 valence electrons. The van der Waals surface area contributed by atoms with Gasteiger partial charge in [-0.2, -0.15) is 0 Å². The van der Waals surface area contributed by atoms with Crippen LogP contribution in [0.4, 0.5) is 5.69 Å². The van der Waals surface area contributed by atoms with E-state index in [0.29, 0.717) is 0 Å². The van der Waals surface area contributed by atoms with Gasteiger partial charge < -0.3 is 10.1 Å². The Hall–Kier alpha value is -0.730. The summed E-state index contributed by atoms with van der Waals surface area (Å²) in [4.78, 5) is 0. The summed E-state index contributed by atoms with van der Waals surface area (Å²) in [5.41, 5.74) is 1.08. The van der Waals surface area contributed by atoms with Crippen LogP contribution in [0.25, 0.3) is 0 Å². The van der Waals surface area contributed by atoms with Gasteiger partial charge >= 0.3 is 0 Å². The molecule has 1 aromatic rings. The summed E-state index contributed by atoms with van der Waals surface area (Å²) >= 11 is 5.78. The van der Waals surface area contributed by atoms with E-state index in [4.69, 9.17) is 16.3 Å². The fourth-order valence-electron chi connectivity index (χ4n) is 1.18. The maximum atomic E-state index is 5.78. The van der Waals surface area contributed by atoms with Crippen molar-refractivity contribution in [2.24, 2.45) is 0 Å². The van der Waals surface area contributed by atoms with Gasteiger partial charge in [0.25, 0.3) is 0 Å². The third-order valence-corrected chi connectivity index (χ3v) is 2.31. The number of anilines is 1. The number of hydrogen-bond donors (Lipinski definition) is 1. The fraction of sp³-hybridized carbons (Fsp3) is 0.500. The van der Waals surface area contributed by atoms with Crippen molar-refractivity contribution in [3.63, 3.8) is 0 Å². The zero-order chi connectivity index (χ0) is 10.9. The Kier molecular flexibility index (Phi) is 6.21. The number of rotatable bonds is 7. The Morgan fingerprint density at radius 2 is 1.93 bits per heavy atom. The number of hydrogen-bond acceptors (Lipinski definition) is 2. The van der Waals surface area contributed by atoms with Gasteiger partial charge in [0.15, 0.2) is 0 Å². The van der Waals surface area contributed by atoms with E-state index in [2.05, 4.69) is 12.2 Å². The van der Waals surface area contributed by atoms with Crippen LogP contribution in [0.5, 0.6) is 0 Å². The van der Waals surface area contributed by atoms with Crippen LogP contribution < -0.4 is 5.32 Å². The normalized spacial score (nSPS) is 10.3. The number of benzene rings is 1. The standard InChI is InChI=1S/C12H18ClNO/c1-2-3-9-15-10-8-14-12-6-4-11(13)5-7-12/h4-7,14H,2-3,8-10H2,1H3. The minimum atomic E-state index is 0.753. The van der Waals surface area contributed by atoms with Crippen molar-refractivity contribution in [1.82, 2.24) is 0 Å². The van der Waals surface area contributed by atoms with Crippen LogP contribution in [0.3, 0.4) is 0 Å². The molecule has 0 amide bonds. The second kappa shape index (κ2) is 7.55. The largest absolute Gasteiger partial charge is 0.383 e. The van der Waals surface area contributed by atoms with Crippen molar-refractivity contribution in [2.45, 2.75) is 19.8 Å². The molecule has 0 fully saturated rings. The second-order valence-electron chi connectivity index (χ2n) is 3.40. The molecular weight excluding hydrogens is 210 g/mol. The third-order valence-electron chi connectivity index (χ3n) is 2.06. The fourth-order valence-corrected chi connectivity index (χ4v) is 1.31. The van der Waals surface area contributed by atoms with Crippen molar-refractivity contribution in [3.8, 4) is 0 Å². The lowest BCUT2D eigenvalue weighted by atomic mass is 10.3. The van der Waals surface area contributed by atoms with Crippen LogP contribution in [-0.2, 0) is 4.74 Å². The first-order valence-electron chi connectivity index (χ1n) is 5.40. The highest BCUT2D eigenvalue weighted by atomic mass is 35.5. The van der Waals surface area contributed by atoms with E-state index in [9.17, 15) is 0 Å². The lowest BCUT2D eigenvalue weighted by Gasteiger charge is -2.06. The van der Waals surface area contributed by atoms with Gasteiger partial charge in [0.05, 0.1) is 6.61 Å². The zero-order valence-electron chi connectivity index (χ0n) is 9.13. The highest BCUT2D eigenvalue weighted by Gasteiger charge is 1.92. The van der Waals surface area contributed by atoms with Gasteiger partial charge in [-0.1, -0.05) is 24.9 Å². The smallest absolute Gasteiger partial charge is 0.0639 e. The molecule has 1 aromatic carbocycles. The zero-order valence-corrected chi connectivity index (χ0v) is 9.89. The maximum Gasteiger partial charge on any atom is 0.0639 e. The third kappa shape index (κ3) is 5.65. The van der Waals surface area contributed by atoms with Crippen LogP contribution in [-0.4, -0.2) is 19.8 Å². The molecule has 0 atom stereocenters. The Morgan fingerprint density at radius 1 is 1.20 bits per heavy atom. The van der Waals surface area contributed by atoms with Crippen molar-refractivity contribution in [2.75, 3.05) is 25.1 Å². The van der Waals surface area contributed by atoms with Gasteiger partial charge in [0.2, 0.25) is 0 Å². The molecule has 0 radical (unpaired) electrons. The molecule has 0 aliphatic rings. The Labute approximate surface area is 96.6 Å². The van der Waals surface area contributed by atoms with E-state index >= 15 is 0 Å². The highest BCUT2D eigenvalue weighted by Crippen LogP contribution is 2.12. The summed E-state index contributed by atoms with van der Waals surface area (Å²) in [6, 6.07) is 7.69. The Bertz CT molecular complexity index is 261. The van der Waals surface area contributed by atoms with Crippen molar-refractivity contribution >= 4 is 17.3 Å². The van der Waals surface area contributed by atoms with E-state index in [1.807, 2.05) is 24.3 Å². The molecule has 0 saturated carbocycles. The molecule has 0 aromatic heterocycles. The predicted molar refractivity (Wildman–Crippen MR) is 65.7 cm³/mol. The first-order valence-corrected chi connectivity index (χ1v) is 5.78. The maximum absolute atomic E-state index is 5.78. The molecular formula is C12H18ClNO. The first kappa shape index (κ1) is 12.3. The van der Waals surface area contributed by atoms with Crippen molar-refractivity contribution < 1.29 is 4.74 Å². The molecule has 0 aliphatic heterocycles. The summed E-state index contributed by atoms with van der Waals surface area (Å²) in [6.45, 7) is 4.61. The summed E-state index contributed by atoms with van der Waals surface area (Å²) in [5.74, 6) is 0. The monoisotopic (exact) mass is 227 g/mol. The topological polar surface area (TPSA) is 21.3 Å². The number of unbranched alkanes of at least 4 members (excludes halogenated alkanes) is 1. The van der Waals surface area contributed by atoms with Gasteiger partial charge in [-0.3, -0.25) is 0 Å². The molecule has 3 heteroatoms. The minimum absolute atomic E-state index is 0.753. The average Bonchev–Trinajstić information content (AvgIpc) is 2.26. The number of ether oxygens (including phenoxy) is 1. The molecule has 0 bridgehead atoms. The van der Waals surface area contributed by atoms with Crippen molar-refractivity contribution in [1.29, 1.82) is 0 Å². The van der Waals surface area contributed by atoms with Crippen LogP contribution >= 0.6 is 11.6 Å². The lowest BCUT2D eigenvalue weighted by molar-refractivity contribution is 0.141. The van der Waals surface area contributed by atoms with Crippen LogP contribution in [0.15, 0.2) is 24.3 Å². The molecule has 15 heavy (non-hydrogen) atoms. The Morgan fingerprint density at radius 3 is 2.60 bits per heavy atom. The van der Waals surface area contributed by atoms with E-state index < -0.39 is 0 Å². The number of halogens is 1. The highest BCUT2D eigenvalue weighted by molar-refractivity contribution is 6.30.